The Morgan fingerprint density at radius 2 is 1.96 bits per heavy atom. The Morgan fingerprint density at radius 1 is 1.20 bits per heavy atom. The molecular formula is C18H20N2O5. The van der Waals surface area contributed by atoms with E-state index in [0.29, 0.717) is 23.8 Å². The molecule has 0 aliphatic rings. The monoisotopic (exact) mass is 344 g/mol. The SMILES string of the molecule is CCOc1ccc(CNC(=O)c2ccc(C(=O)O)c(C)n2)cc1OC. The molecule has 0 aliphatic heterocycles. The van der Waals surface area contributed by atoms with Crippen LogP contribution in [-0.2, 0) is 6.54 Å². The third-order valence-corrected chi connectivity index (χ3v) is 3.53. The number of aromatic carboxylic acids is 1. The van der Waals surface area contributed by atoms with E-state index >= 15 is 0 Å². The number of pyridine rings is 1. The van der Waals surface area contributed by atoms with Crippen molar-refractivity contribution in [2.24, 2.45) is 0 Å². The zero-order valence-corrected chi connectivity index (χ0v) is 14.3. The third kappa shape index (κ3) is 4.47. The molecule has 0 spiro atoms. The van der Waals surface area contributed by atoms with Gasteiger partial charge in [-0.15, -0.1) is 0 Å². The number of ether oxygens (including phenoxy) is 2. The molecule has 2 rings (SSSR count). The van der Waals surface area contributed by atoms with Crippen molar-refractivity contribution in [3.63, 3.8) is 0 Å². The van der Waals surface area contributed by atoms with Crippen LogP contribution in [0.1, 0.15) is 39.0 Å². The number of carboxylic acids is 1. The number of amides is 1. The lowest BCUT2D eigenvalue weighted by Gasteiger charge is -2.11. The van der Waals surface area contributed by atoms with Gasteiger partial charge in [-0.25, -0.2) is 9.78 Å². The van der Waals surface area contributed by atoms with E-state index < -0.39 is 5.97 Å². The summed E-state index contributed by atoms with van der Waals surface area (Å²) in [7, 11) is 1.55. The number of hydrogen-bond donors (Lipinski definition) is 2. The summed E-state index contributed by atoms with van der Waals surface area (Å²) in [6.07, 6.45) is 0. The maximum Gasteiger partial charge on any atom is 0.337 e. The van der Waals surface area contributed by atoms with E-state index in [1.807, 2.05) is 13.0 Å². The summed E-state index contributed by atoms with van der Waals surface area (Å²) in [6, 6.07) is 8.18. The van der Waals surface area contributed by atoms with E-state index in [2.05, 4.69) is 10.3 Å². The quantitative estimate of drug-likeness (QED) is 0.800. The largest absolute Gasteiger partial charge is 0.493 e. The summed E-state index contributed by atoms with van der Waals surface area (Å²) in [5.74, 6) is -0.221. The van der Waals surface area contributed by atoms with Crippen LogP contribution in [0.4, 0.5) is 0 Å². The Kier molecular flexibility index (Phi) is 5.94. The van der Waals surface area contributed by atoms with Gasteiger partial charge in [0.15, 0.2) is 11.5 Å². The van der Waals surface area contributed by atoms with Crippen molar-refractivity contribution in [2.45, 2.75) is 20.4 Å². The van der Waals surface area contributed by atoms with Crippen molar-refractivity contribution in [3.05, 3.63) is 52.8 Å². The Labute approximate surface area is 145 Å². The summed E-state index contributed by atoms with van der Waals surface area (Å²) >= 11 is 0. The molecule has 2 N–H and O–H groups in total. The molecule has 2 aromatic rings. The number of aryl methyl sites for hydroxylation is 1. The lowest BCUT2D eigenvalue weighted by molar-refractivity contribution is 0.0694. The van der Waals surface area contributed by atoms with Crippen molar-refractivity contribution >= 4 is 11.9 Å². The van der Waals surface area contributed by atoms with E-state index in [9.17, 15) is 9.59 Å². The van der Waals surface area contributed by atoms with Crippen molar-refractivity contribution in [3.8, 4) is 11.5 Å². The molecule has 0 aliphatic carbocycles. The molecule has 1 aromatic carbocycles. The van der Waals surface area contributed by atoms with Gasteiger partial charge in [0.2, 0.25) is 0 Å². The summed E-state index contributed by atoms with van der Waals surface area (Å²) in [6.45, 7) is 4.25. The van der Waals surface area contributed by atoms with Crippen LogP contribution in [0.25, 0.3) is 0 Å². The summed E-state index contributed by atoms with van der Waals surface area (Å²) < 4.78 is 10.7. The van der Waals surface area contributed by atoms with Gasteiger partial charge in [0.1, 0.15) is 5.69 Å². The van der Waals surface area contributed by atoms with E-state index in [1.54, 1.807) is 26.2 Å². The van der Waals surface area contributed by atoms with Crippen LogP contribution in [0.2, 0.25) is 0 Å². The minimum absolute atomic E-state index is 0.0767. The maximum atomic E-state index is 12.2. The number of aromatic nitrogens is 1. The van der Waals surface area contributed by atoms with Gasteiger partial charge in [-0.1, -0.05) is 6.07 Å². The highest BCUT2D eigenvalue weighted by Gasteiger charge is 2.13. The number of benzene rings is 1. The van der Waals surface area contributed by atoms with Gasteiger partial charge < -0.3 is 19.9 Å². The Bertz CT molecular complexity index is 789. The number of hydrogen-bond acceptors (Lipinski definition) is 5. The van der Waals surface area contributed by atoms with Crippen molar-refractivity contribution < 1.29 is 24.2 Å². The predicted octanol–water partition coefficient (Wildman–Crippen LogP) is 2.43. The average molecular weight is 344 g/mol. The first-order valence-corrected chi connectivity index (χ1v) is 7.75. The predicted molar refractivity (Wildman–Crippen MR) is 91.3 cm³/mol. The Balaban J connectivity index is 2.07. The minimum Gasteiger partial charge on any atom is -0.493 e. The molecule has 25 heavy (non-hydrogen) atoms. The third-order valence-electron chi connectivity index (χ3n) is 3.53. The van der Waals surface area contributed by atoms with Gasteiger partial charge in [-0.3, -0.25) is 4.79 Å². The molecule has 7 heteroatoms. The second kappa shape index (κ2) is 8.14. The van der Waals surface area contributed by atoms with Gasteiger partial charge in [-0.05, 0) is 43.7 Å². The minimum atomic E-state index is -1.07. The number of carbonyl (C=O) groups excluding carboxylic acids is 1. The standard InChI is InChI=1S/C18H20N2O5/c1-4-25-15-8-5-12(9-16(15)24-3)10-19-17(21)14-7-6-13(18(22)23)11(2)20-14/h5-9H,4,10H2,1-3H3,(H,19,21)(H,22,23). The number of nitrogens with one attached hydrogen (secondary N) is 1. The highest BCUT2D eigenvalue weighted by Crippen LogP contribution is 2.27. The first-order chi connectivity index (χ1) is 12.0. The number of rotatable bonds is 7. The van der Waals surface area contributed by atoms with E-state index in [4.69, 9.17) is 14.6 Å². The number of carboxylic acid groups (broad SMARTS) is 1. The summed E-state index contributed by atoms with van der Waals surface area (Å²) in [4.78, 5) is 27.2. The first-order valence-electron chi connectivity index (χ1n) is 7.75. The molecule has 132 valence electrons. The lowest BCUT2D eigenvalue weighted by Crippen LogP contribution is -2.24. The molecule has 0 saturated heterocycles. The average Bonchev–Trinajstić information content (AvgIpc) is 2.60. The van der Waals surface area contributed by atoms with Gasteiger partial charge in [0.05, 0.1) is 25.0 Å². The van der Waals surface area contributed by atoms with Gasteiger partial charge in [-0.2, -0.15) is 0 Å². The van der Waals surface area contributed by atoms with Gasteiger partial charge in [0.25, 0.3) is 5.91 Å². The fourth-order valence-corrected chi connectivity index (χ4v) is 2.28. The topological polar surface area (TPSA) is 97.8 Å². The van der Waals surface area contributed by atoms with E-state index in [1.165, 1.54) is 12.1 Å². The van der Waals surface area contributed by atoms with E-state index in [0.717, 1.165) is 5.56 Å². The fourth-order valence-electron chi connectivity index (χ4n) is 2.28. The summed E-state index contributed by atoms with van der Waals surface area (Å²) in [5.41, 5.74) is 1.38. The molecular weight excluding hydrogens is 324 g/mol. The Hall–Kier alpha value is -3.09. The molecule has 1 amide bonds. The molecule has 0 atom stereocenters. The van der Waals surface area contributed by atoms with Crippen LogP contribution in [0, 0.1) is 6.92 Å². The molecule has 0 fully saturated rings. The highest BCUT2D eigenvalue weighted by molar-refractivity contribution is 5.94. The zero-order chi connectivity index (χ0) is 18.4. The fraction of sp³-hybridized carbons (Fsp3) is 0.278. The highest BCUT2D eigenvalue weighted by atomic mass is 16.5. The first kappa shape index (κ1) is 18.3. The molecule has 0 unspecified atom stereocenters. The zero-order valence-electron chi connectivity index (χ0n) is 14.3. The van der Waals surface area contributed by atoms with Crippen LogP contribution in [0.3, 0.4) is 0 Å². The molecule has 7 nitrogen and oxygen atoms in total. The summed E-state index contributed by atoms with van der Waals surface area (Å²) in [5, 5.41) is 11.7. The lowest BCUT2D eigenvalue weighted by atomic mass is 10.1. The second-order valence-electron chi connectivity index (χ2n) is 5.24. The molecule has 1 aromatic heterocycles. The van der Waals surface area contributed by atoms with Crippen molar-refractivity contribution in [2.75, 3.05) is 13.7 Å². The number of methoxy groups -OCH3 is 1. The Morgan fingerprint density at radius 3 is 2.56 bits per heavy atom. The van der Waals surface area contributed by atoms with Crippen LogP contribution in [0.15, 0.2) is 30.3 Å². The van der Waals surface area contributed by atoms with Crippen molar-refractivity contribution in [1.29, 1.82) is 0 Å². The molecule has 0 saturated carbocycles. The van der Waals surface area contributed by atoms with E-state index in [-0.39, 0.29) is 23.7 Å². The van der Waals surface area contributed by atoms with Crippen LogP contribution >= 0.6 is 0 Å². The smallest absolute Gasteiger partial charge is 0.337 e. The van der Waals surface area contributed by atoms with Crippen molar-refractivity contribution in [1.82, 2.24) is 10.3 Å². The molecule has 0 radical (unpaired) electrons. The second-order valence-corrected chi connectivity index (χ2v) is 5.24. The van der Waals surface area contributed by atoms with Gasteiger partial charge >= 0.3 is 5.97 Å². The number of carbonyl (C=O) groups is 2. The number of nitrogens with zero attached hydrogens (tertiary/aromatic N) is 1. The molecule has 1 heterocycles. The van der Waals surface area contributed by atoms with Crippen LogP contribution < -0.4 is 14.8 Å². The molecule has 0 bridgehead atoms. The maximum absolute atomic E-state index is 12.2. The normalized spacial score (nSPS) is 10.2. The van der Waals surface area contributed by atoms with Crippen LogP contribution in [-0.4, -0.2) is 35.7 Å². The van der Waals surface area contributed by atoms with Crippen LogP contribution in [0.5, 0.6) is 11.5 Å². The van der Waals surface area contributed by atoms with Gasteiger partial charge in [0, 0.05) is 6.54 Å².